The lowest BCUT2D eigenvalue weighted by Gasteiger charge is -2.24. The summed E-state index contributed by atoms with van der Waals surface area (Å²) < 4.78 is 10.7. The average Bonchev–Trinajstić information content (AvgIpc) is 2.62. The molecule has 2 aromatic carbocycles. The van der Waals surface area contributed by atoms with Gasteiger partial charge >= 0.3 is 0 Å². The summed E-state index contributed by atoms with van der Waals surface area (Å²) in [5.41, 5.74) is 8.01. The van der Waals surface area contributed by atoms with E-state index in [1.165, 1.54) is 0 Å². The van der Waals surface area contributed by atoms with Gasteiger partial charge in [0.2, 0.25) is 0 Å². The Morgan fingerprint density at radius 2 is 1.73 bits per heavy atom. The number of aliphatic imine (C=N–C) groups is 1. The van der Waals surface area contributed by atoms with E-state index in [1.807, 2.05) is 62.6 Å². The molecule has 0 bridgehead atoms. The van der Waals surface area contributed by atoms with Gasteiger partial charge in [-0.2, -0.15) is 0 Å². The number of para-hydroxylation sites is 1. The van der Waals surface area contributed by atoms with E-state index in [0.29, 0.717) is 24.0 Å². The van der Waals surface area contributed by atoms with Crippen LogP contribution in [0, 0.1) is 0 Å². The van der Waals surface area contributed by atoms with E-state index in [1.54, 1.807) is 14.2 Å². The second-order valence-corrected chi connectivity index (χ2v) is 5.81. The Morgan fingerprint density at radius 3 is 2.31 bits per heavy atom. The van der Waals surface area contributed by atoms with Crippen molar-refractivity contribution in [3.05, 3.63) is 54.1 Å². The summed E-state index contributed by atoms with van der Waals surface area (Å²) in [6, 6.07) is 15.7. The van der Waals surface area contributed by atoms with Crippen LogP contribution in [0.4, 0.5) is 5.69 Å². The summed E-state index contributed by atoms with van der Waals surface area (Å²) in [6.07, 6.45) is 0. The minimum atomic E-state index is 0. The molecule has 7 heteroatoms. The van der Waals surface area contributed by atoms with E-state index >= 15 is 0 Å². The second kappa shape index (κ2) is 10.9. The average molecular weight is 470 g/mol. The van der Waals surface area contributed by atoms with Gasteiger partial charge in [0.15, 0.2) is 17.5 Å². The molecular formula is C19H27IN4O2. The zero-order valence-electron chi connectivity index (χ0n) is 15.6. The van der Waals surface area contributed by atoms with Gasteiger partial charge in [-0.05, 0) is 43.9 Å². The number of rotatable bonds is 7. The highest BCUT2D eigenvalue weighted by molar-refractivity contribution is 14.0. The van der Waals surface area contributed by atoms with Crippen molar-refractivity contribution in [1.29, 1.82) is 0 Å². The molecule has 0 saturated heterocycles. The summed E-state index contributed by atoms with van der Waals surface area (Å²) in [5.74, 6) is 1.79. The third-order valence-corrected chi connectivity index (χ3v) is 3.90. The Labute approximate surface area is 172 Å². The number of halogens is 1. The molecule has 0 aliphatic heterocycles. The zero-order chi connectivity index (χ0) is 18.2. The van der Waals surface area contributed by atoms with Crippen LogP contribution in [0.2, 0.25) is 0 Å². The van der Waals surface area contributed by atoms with Crippen LogP contribution in [0.25, 0.3) is 0 Å². The van der Waals surface area contributed by atoms with Crippen LogP contribution < -0.4 is 20.5 Å². The molecule has 0 aliphatic rings. The van der Waals surface area contributed by atoms with Crippen molar-refractivity contribution in [2.24, 2.45) is 10.7 Å². The Bertz CT molecular complexity index is 708. The molecule has 0 radical (unpaired) electrons. The van der Waals surface area contributed by atoms with Crippen LogP contribution in [-0.2, 0) is 0 Å². The van der Waals surface area contributed by atoms with E-state index in [-0.39, 0.29) is 30.0 Å². The third-order valence-electron chi connectivity index (χ3n) is 3.90. The van der Waals surface area contributed by atoms with Crippen molar-refractivity contribution < 1.29 is 9.47 Å². The van der Waals surface area contributed by atoms with Crippen LogP contribution in [0.1, 0.15) is 11.6 Å². The fourth-order valence-corrected chi connectivity index (χ4v) is 2.52. The summed E-state index contributed by atoms with van der Waals surface area (Å²) in [6.45, 7) is 0.522. The topological polar surface area (TPSA) is 72.1 Å². The maximum Gasteiger partial charge on any atom is 0.193 e. The Balaban J connectivity index is 0.00000338. The fourth-order valence-electron chi connectivity index (χ4n) is 2.52. The molecule has 142 valence electrons. The molecule has 3 N–H and O–H groups in total. The first-order valence-corrected chi connectivity index (χ1v) is 8.05. The number of anilines is 1. The minimum Gasteiger partial charge on any atom is -0.493 e. The number of benzene rings is 2. The fraction of sp³-hybridized carbons (Fsp3) is 0.316. The Morgan fingerprint density at radius 1 is 1.08 bits per heavy atom. The van der Waals surface area contributed by atoms with Gasteiger partial charge in [-0.15, -0.1) is 24.0 Å². The van der Waals surface area contributed by atoms with Gasteiger partial charge in [0, 0.05) is 5.69 Å². The molecule has 6 nitrogen and oxygen atoms in total. The summed E-state index contributed by atoms with van der Waals surface area (Å²) >= 11 is 0. The first-order chi connectivity index (χ1) is 12.0. The second-order valence-electron chi connectivity index (χ2n) is 5.81. The van der Waals surface area contributed by atoms with Crippen molar-refractivity contribution in [2.75, 3.05) is 40.2 Å². The number of nitrogens with one attached hydrogen (secondary N) is 1. The highest BCUT2D eigenvalue weighted by Crippen LogP contribution is 2.31. The molecule has 0 heterocycles. The molecule has 0 saturated carbocycles. The molecular weight excluding hydrogens is 443 g/mol. The van der Waals surface area contributed by atoms with E-state index < -0.39 is 0 Å². The van der Waals surface area contributed by atoms with Crippen molar-refractivity contribution in [3.8, 4) is 11.5 Å². The van der Waals surface area contributed by atoms with E-state index in [2.05, 4.69) is 15.2 Å². The molecule has 0 amide bonds. The molecule has 1 unspecified atom stereocenters. The number of ether oxygens (including phenoxy) is 2. The normalized spacial score (nSPS) is 12.3. The maximum atomic E-state index is 6.01. The van der Waals surface area contributed by atoms with E-state index in [0.717, 1.165) is 11.3 Å². The first-order valence-electron chi connectivity index (χ1n) is 8.05. The predicted octanol–water partition coefficient (Wildman–Crippen LogP) is 3.35. The third kappa shape index (κ3) is 6.06. The standard InChI is InChI=1S/C19H26N4O2.HI/c1-23(2)16(14-10-11-17(24-3)18(12-14)25-4)13-21-19(20)22-15-8-6-5-7-9-15;/h5-12,16H,13H2,1-4H3,(H3,20,21,22);1H. The maximum absolute atomic E-state index is 6.01. The van der Waals surface area contributed by atoms with Crippen molar-refractivity contribution >= 4 is 35.6 Å². The van der Waals surface area contributed by atoms with Gasteiger partial charge < -0.3 is 25.4 Å². The number of hydrogen-bond acceptors (Lipinski definition) is 4. The smallest absolute Gasteiger partial charge is 0.193 e. The summed E-state index contributed by atoms with van der Waals surface area (Å²) in [4.78, 5) is 6.58. The molecule has 0 spiro atoms. The van der Waals surface area contributed by atoms with Crippen LogP contribution in [0.15, 0.2) is 53.5 Å². The van der Waals surface area contributed by atoms with Gasteiger partial charge in [-0.25, -0.2) is 0 Å². The molecule has 0 aromatic heterocycles. The number of methoxy groups -OCH3 is 2. The molecule has 2 rings (SSSR count). The number of nitrogens with zero attached hydrogens (tertiary/aromatic N) is 2. The molecule has 2 aromatic rings. The van der Waals surface area contributed by atoms with Gasteiger partial charge in [0.05, 0.1) is 26.8 Å². The Kier molecular flexibility index (Phi) is 9.22. The molecule has 1 atom stereocenters. The van der Waals surface area contributed by atoms with Crippen molar-refractivity contribution in [2.45, 2.75) is 6.04 Å². The zero-order valence-corrected chi connectivity index (χ0v) is 17.9. The summed E-state index contributed by atoms with van der Waals surface area (Å²) in [5, 5.41) is 3.09. The van der Waals surface area contributed by atoms with Gasteiger partial charge in [-0.1, -0.05) is 24.3 Å². The number of hydrogen-bond donors (Lipinski definition) is 2. The summed E-state index contributed by atoms with van der Waals surface area (Å²) in [7, 11) is 7.28. The molecule has 0 fully saturated rings. The van der Waals surface area contributed by atoms with Crippen LogP contribution in [0.3, 0.4) is 0 Å². The van der Waals surface area contributed by atoms with E-state index in [9.17, 15) is 0 Å². The number of guanidine groups is 1. The lowest BCUT2D eigenvalue weighted by molar-refractivity contribution is 0.303. The van der Waals surface area contributed by atoms with Crippen molar-refractivity contribution in [3.63, 3.8) is 0 Å². The van der Waals surface area contributed by atoms with E-state index in [4.69, 9.17) is 15.2 Å². The molecule has 0 aliphatic carbocycles. The van der Waals surface area contributed by atoms with Gasteiger partial charge in [-0.3, -0.25) is 4.99 Å². The lowest BCUT2D eigenvalue weighted by Crippen LogP contribution is -2.27. The monoisotopic (exact) mass is 470 g/mol. The highest BCUT2D eigenvalue weighted by Gasteiger charge is 2.16. The first kappa shape index (κ1) is 22.0. The van der Waals surface area contributed by atoms with Gasteiger partial charge in [0.1, 0.15) is 0 Å². The largest absolute Gasteiger partial charge is 0.493 e. The molecule has 26 heavy (non-hydrogen) atoms. The SMILES string of the molecule is COc1ccc(C(CN=C(N)Nc2ccccc2)N(C)C)cc1OC.I. The quantitative estimate of drug-likeness (QED) is 0.369. The number of likely N-dealkylation sites (N-methyl/N-ethyl adjacent to an activating group) is 1. The van der Waals surface area contributed by atoms with Crippen LogP contribution in [0.5, 0.6) is 11.5 Å². The predicted molar refractivity (Wildman–Crippen MR) is 118 cm³/mol. The van der Waals surface area contributed by atoms with Crippen LogP contribution in [-0.4, -0.2) is 45.7 Å². The number of nitrogens with two attached hydrogens (primary N) is 1. The van der Waals surface area contributed by atoms with Gasteiger partial charge in [0.25, 0.3) is 0 Å². The van der Waals surface area contributed by atoms with Crippen LogP contribution >= 0.6 is 24.0 Å². The van der Waals surface area contributed by atoms with Crippen molar-refractivity contribution in [1.82, 2.24) is 4.90 Å². The highest BCUT2D eigenvalue weighted by atomic mass is 127. The Hall–Kier alpha value is -2.00. The minimum absolute atomic E-state index is 0. The lowest BCUT2D eigenvalue weighted by atomic mass is 10.1.